The van der Waals surface area contributed by atoms with E-state index in [0.29, 0.717) is 0 Å². The number of hydrogen-bond donors (Lipinski definition) is 1. The molecule has 0 aliphatic rings. The molecule has 0 aliphatic heterocycles. The summed E-state index contributed by atoms with van der Waals surface area (Å²) in [5.41, 5.74) is 0. The van der Waals surface area contributed by atoms with Crippen molar-refractivity contribution in [1.29, 1.82) is 0 Å². The first kappa shape index (κ1) is 13.3. The Labute approximate surface area is 72.5 Å². The highest BCUT2D eigenvalue weighted by Gasteiger charge is 2.18. The fraction of sp³-hybridized carbons (Fsp3) is 0.833. The molecule has 0 fully saturated rings. The number of carbonyl (C=O) groups is 1. The Balaban J connectivity index is 0. The molecule has 0 rings (SSSR count). The van der Waals surface area contributed by atoms with Gasteiger partial charge in [-0.3, -0.25) is 9.69 Å². The maximum atomic E-state index is 10.4. The summed E-state index contributed by atoms with van der Waals surface area (Å²) in [5.74, 6) is -0.855. The summed E-state index contributed by atoms with van der Waals surface area (Å²) in [5, 5.41) is 8.55. The van der Waals surface area contributed by atoms with Crippen LogP contribution in [0.2, 0.25) is 0 Å². The van der Waals surface area contributed by atoms with Gasteiger partial charge >= 0.3 is 5.97 Å². The third kappa shape index (κ3) is 5.01. The quantitative estimate of drug-likeness (QED) is 0.670. The molecule has 0 radical (unpaired) electrons. The Morgan fingerprint density at radius 2 is 2.09 bits per heavy atom. The Morgan fingerprint density at radius 3 is 2.18 bits per heavy atom. The van der Waals surface area contributed by atoms with Crippen LogP contribution >= 0.6 is 12.4 Å². The summed E-state index contributed by atoms with van der Waals surface area (Å²) >= 11 is 0. The van der Waals surface area contributed by atoms with Gasteiger partial charge in [-0.05, 0) is 14.1 Å². The number of methoxy groups -OCH3 is 1. The van der Waals surface area contributed by atoms with Crippen molar-refractivity contribution in [1.82, 2.24) is 4.90 Å². The van der Waals surface area contributed by atoms with Crippen LogP contribution in [0.1, 0.15) is 0 Å². The van der Waals surface area contributed by atoms with Crippen molar-refractivity contribution >= 4 is 18.4 Å². The fourth-order valence-electron chi connectivity index (χ4n) is 0.599. The molecule has 0 heterocycles. The molecule has 0 saturated heterocycles. The molecule has 0 aromatic rings. The molecule has 0 amide bonds. The van der Waals surface area contributed by atoms with E-state index >= 15 is 0 Å². The number of carboxylic acids is 1. The second kappa shape index (κ2) is 6.39. The van der Waals surface area contributed by atoms with E-state index < -0.39 is 12.0 Å². The third-order valence-electron chi connectivity index (χ3n) is 1.23. The second-order valence-corrected chi connectivity index (χ2v) is 2.27. The van der Waals surface area contributed by atoms with Crippen LogP contribution < -0.4 is 0 Å². The number of aliphatic carboxylic acids is 1. The summed E-state index contributed by atoms with van der Waals surface area (Å²) in [6.07, 6.45) is 0. The molecular formula is C6H14ClNO3. The maximum Gasteiger partial charge on any atom is 0.323 e. The lowest BCUT2D eigenvalue weighted by Crippen LogP contribution is -2.39. The minimum atomic E-state index is -0.855. The molecule has 0 aliphatic carbocycles. The van der Waals surface area contributed by atoms with Crippen molar-refractivity contribution in [2.24, 2.45) is 0 Å². The number of likely N-dealkylation sites (N-methyl/N-ethyl adjacent to an activating group) is 1. The zero-order valence-corrected chi connectivity index (χ0v) is 7.72. The molecule has 11 heavy (non-hydrogen) atoms. The molecular weight excluding hydrogens is 170 g/mol. The Bertz CT molecular complexity index is 118. The third-order valence-corrected chi connectivity index (χ3v) is 1.23. The molecule has 1 N–H and O–H groups in total. The minimum Gasteiger partial charge on any atom is -0.480 e. The smallest absolute Gasteiger partial charge is 0.323 e. The van der Waals surface area contributed by atoms with Crippen molar-refractivity contribution < 1.29 is 14.6 Å². The molecule has 0 spiro atoms. The predicted octanol–water partition coefficient (Wildman–Crippen LogP) is 0.0694. The fourth-order valence-corrected chi connectivity index (χ4v) is 0.599. The van der Waals surface area contributed by atoms with Gasteiger partial charge in [0.2, 0.25) is 0 Å². The van der Waals surface area contributed by atoms with E-state index in [1.165, 1.54) is 7.11 Å². The maximum absolute atomic E-state index is 10.4. The van der Waals surface area contributed by atoms with Crippen LogP contribution in [0.25, 0.3) is 0 Å². The van der Waals surface area contributed by atoms with Crippen LogP contribution in [0.15, 0.2) is 0 Å². The minimum absolute atomic E-state index is 0. The summed E-state index contributed by atoms with van der Waals surface area (Å²) < 4.78 is 4.70. The van der Waals surface area contributed by atoms with Crippen LogP contribution in [0, 0.1) is 0 Å². The van der Waals surface area contributed by atoms with Gasteiger partial charge in [0, 0.05) is 7.11 Å². The summed E-state index contributed by atoms with van der Waals surface area (Å²) in [6, 6.07) is -0.537. The lowest BCUT2D eigenvalue weighted by molar-refractivity contribution is -0.144. The van der Waals surface area contributed by atoms with Crippen molar-refractivity contribution in [3.8, 4) is 0 Å². The summed E-state index contributed by atoms with van der Waals surface area (Å²) in [4.78, 5) is 12.0. The summed E-state index contributed by atoms with van der Waals surface area (Å²) in [6.45, 7) is 0.225. The van der Waals surface area contributed by atoms with Gasteiger partial charge in [0.25, 0.3) is 0 Å². The lowest BCUT2D eigenvalue weighted by atomic mass is 10.3. The van der Waals surface area contributed by atoms with E-state index in [2.05, 4.69) is 0 Å². The van der Waals surface area contributed by atoms with Gasteiger partial charge in [0.1, 0.15) is 6.04 Å². The van der Waals surface area contributed by atoms with Gasteiger partial charge in [0.05, 0.1) is 6.61 Å². The van der Waals surface area contributed by atoms with Gasteiger partial charge in [-0.2, -0.15) is 0 Å². The lowest BCUT2D eigenvalue weighted by Gasteiger charge is -2.18. The molecule has 0 saturated carbocycles. The van der Waals surface area contributed by atoms with Crippen LogP contribution in [0.3, 0.4) is 0 Å². The van der Waals surface area contributed by atoms with E-state index in [1.807, 2.05) is 0 Å². The Morgan fingerprint density at radius 1 is 1.64 bits per heavy atom. The SMILES string of the molecule is COCC(C(=O)O)N(C)C.Cl. The molecule has 1 atom stereocenters. The van der Waals surface area contributed by atoms with Crippen molar-refractivity contribution in [3.05, 3.63) is 0 Å². The average Bonchev–Trinajstić information content (AvgIpc) is 1.81. The van der Waals surface area contributed by atoms with Crippen LogP contribution in [0.5, 0.6) is 0 Å². The van der Waals surface area contributed by atoms with Crippen LogP contribution in [-0.4, -0.2) is 49.8 Å². The molecule has 0 aromatic carbocycles. The van der Waals surface area contributed by atoms with Crippen molar-refractivity contribution in [3.63, 3.8) is 0 Å². The second-order valence-electron chi connectivity index (χ2n) is 2.27. The molecule has 5 heteroatoms. The zero-order valence-electron chi connectivity index (χ0n) is 6.90. The number of ether oxygens (including phenoxy) is 1. The van der Waals surface area contributed by atoms with Gasteiger partial charge in [-0.15, -0.1) is 12.4 Å². The topological polar surface area (TPSA) is 49.8 Å². The molecule has 0 aromatic heterocycles. The average molecular weight is 184 g/mol. The summed E-state index contributed by atoms with van der Waals surface area (Å²) in [7, 11) is 4.90. The van der Waals surface area contributed by atoms with Crippen molar-refractivity contribution in [2.75, 3.05) is 27.8 Å². The van der Waals surface area contributed by atoms with Crippen LogP contribution in [0.4, 0.5) is 0 Å². The highest BCUT2D eigenvalue weighted by Crippen LogP contribution is 1.92. The normalized spacial score (nSPS) is 12.4. The van der Waals surface area contributed by atoms with Gasteiger partial charge in [-0.1, -0.05) is 0 Å². The number of carboxylic acid groups (broad SMARTS) is 1. The van der Waals surface area contributed by atoms with Gasteiger partial charge < -0.3 is 9.84 Å². The number of rotatable bonds is 4. The molecule has 0 bridgehead atoms. The number of nitrogens with zero attached hydrogens (tertiary/aromatic N) is 1. The number of hydrogen-bond acceptors (Lipinski definition) is 3. The first-order chi connectivity index (χ1) is 4.59. The van der Waals surface area contributed by atoms with Gasteiger partial charge in [-0.25, -0.2) is 0 Å². The number of halogens is 1. The Kier molecular flexibility index (Phi) is 7.72. The van der Waals surface area contributed by atoms with Crippen molar-refractivity contribution in [2.45, 2.75) is 6.04 Å². The Hall–Kier alpha value is -0.320. The zero-order chi connectivity index (χ0) is 8.15. The first-order valence-corrected chi connectivity index (χ1v) is 2.97. The molecule has 68 valence electrons. The monoisotopic (exact) mass is 183 g/mol. The van der Waals surface area contributed by atoms with E-state index in [1.54, 1.807) is 19.0 Å². The van der Waals surface area contributed by atoms with E-state index in [4.69, 9.17) is 9.84 Å². The molecule has 4 nitrogen and oxygen atoms in total. The van der Waals surface area contributed by atoms with E-state index in [0.717, 1.165) is 0 Å². The van der Waals surface area contributed by atoms with Gasteiger partial charge in [0.15, 0.2) is 0 Å². The van der Waals surface area contributed by atoms with E-state index in [9.17, 15) is 4.79 Å². The van der Waals surface area contributed by atoms with Crippen LogP contribution in [-0.2, 0) is 9.53 Å². The first-order valence-electron chi connectivity index (χ1n) is 2.97. The largest absolute Gasteiger partial charge is 0.480 e. The highest BCUT2D eigenvalue weighted by atomic mass is 35.5. The molecule has 1 unspecified atom stereocenters. The standard InChI is InChI=1S/C6H13NO3.ClH/c1-7(2)5(4-10-3)6(8)9;/h5H,4H2,1-3H3,(H,8,9);1H. The van der Waals surface area contributed by atoms with E-state index in [-0.39, 0.29) is 19.0 Å². The predicted molar refractivity (Wildman–Crippen MR) is 44.2 cm³/mol. The highest BCUT2D eigenvalue weighted by molar-refractivity contribution is 5.85.